The summed E-state index contributed by atoms with van der Waals surface area (Å²) in [5, 5.41) is 3.17. The van der Waals surface area contributed by atoms with Crippen LogP contribution in [0.5, 0.6) is 0 Å². The van der Waals surface area contributed by atoms with Crippen molar-refractivity contribution in [3.63, 3.8) is 0 Å². The second-order valence-electron chi connectivity index (χ2n) is 2.19. The second-order valence-corrected chi connectivity index (χ2v) is 2.19. The Labute approximate surface area is 52.5 Å². The molecule has 0 aromatic rings. The highest BCUT2D eigenvalue weighted by atomic mass is 14.8. The smallest absolute Gasteiger partial charge is 0.00357 e. The molecular weight excluding hydrogens is 98.1 g/mol. The van der Waals surface area contributed by atoms with Crippen LogP contribution in [0.15, 0.2) is 0 Å². The molecule has 0 saturated heterocycles. The molecule has 0 heterocycles. The molecule has 0 aliphatic heterocycles. The molecule has 0 aliphatic rings. The van der Waals surface area contributed by atoms with Gasteiger partial charge in [-0.1, -0.05) is 19.8 Å². The highest BCUT2D eigenvalue weighted by molar-refractivity contribution is 4.56. The van der Waals surface area contributed by atoms with Crippen LogP contribution in [-0.2, 0) is 0 Å². The van der Waals surface area contributed by atoms with Crippen molar-refractivity contribution in [1.29, 1.82) is 0 Å². The Bertz CT molecular complexity index is 43.7. The molecule has 1 heteroatoms. The molecule has 0 saturated carbocycles. The van der Waals surface area contributed by atoms with Crippen molar-refractivity contribution < 1.29 is 0 Å². The summed E-state index contributed by atoms with van der Waals surface area (Å²) in [5.74, 6) is 0. The molecule has 0 aromatic carbocycles. The van der Waals surface area contributed by atoms with Crippen molar-refractivity contribution in [2.45, 2.75) is 32.2 Å². The van der Waals surface area contributed by atoms with Crippen LogP contribution >= 0.6 is 0 Å². The Morgan fingerprint density at radius 2 is 2.25 bits per heavy atom. The van der Waals surface area contributed by atoms with Gasteiger partial charge in [0.25, 0.3) is 0 Å². The topological polar surface area (TPSA) is 12.0 Å². The summed E-state index contributed by atoms with van der Waals surface area (Å²) in [7, 11) is 1.99. The predicted molar refractivity (Wildman–Crippen MR) is 37.7 cm³/mol. The first-order chi connectivity index (χ1) is 3.81. The molecule has 1 N–H and O–H groups in total. The number of hydrogen-bond donors (Lipinski definition) is 1. The molecule has 1 unspecified atom stereocenters. The monoisotopic (exact) mass is 114 g/mol. The lowest BCUT2D eigenvalue weighted by molar-refractivity contribution is 0.544. The molecule has 0 aliphatic carbocycles. The maximum absolute atomic E-state index is 3.76. The van der Waals surface area contributed by atoms with E-state index in [-0.39, 0.29) is 0 Å². The van der Waals surface area contributed by atoms with Crippen molar-refractivity contribution >= 4 is 0 Å². The second kappa shape index (κ2) is 5.10. The predicted octanol–water partition coefficient (Wildman–Crippen LogP) is 1.60. The Balaban J connectivity index is 2.86. The van der Waals surface area contributed by atoms with Crippen LogP contribution in [0.3, 0.4) is 0 Å². The van der Waals surface area contributed by atoms with E-state index in [1.165, 1.54) is 12.8 Å². The first-order valence-corrected chi connectivity index (χ1v) is 3.27. The summed E-state index contributed by atoms with van der Waals surface area (Å²) in [6.07, 6.45) is 3.55. The maximum atomic E-state index is 3.76. The van der Waals surface area contributed by atoms with Crippen molar-refractivity contribution in [2.24, 2.45) is 0 Å². The van der Waals surface area contributed by atoms with E-state index in [9.17, 15) is 0 Å². The molecule has 0 rings (SSSR count). The molecule has 0 spiro atoms. The van der Waals surface area contributed by atoms with Gasteiger partial charge in [0.05, 0.1) is 0 Å². The quantitative estimate of drug-likeness (QED) is 0.585. The van der Waals surface area contributed by atoms with Gasteiger partial charge in [0.1, 0.15) is 0 Å². The van der Waals surface area contributed by atoms with Gasteiger partial charge in [-0.05, 0) is 20.4 Å². The molecule has 1 nitrogen and oxygen atoms in total. The Morgan fingerprint density at radius 3 is 2.62 bits per heavy atom. The third-order valence-electron chi connectivity index (χ3n) is 1.38. The highest BCUT2D eigenvalue weighted by Crippen LogP contribution is 1.97. The van der Waals surface area contributed by atoms with E-state index in [0.29, 0.717) is 6.04 Å². The zero-order chi connectivity index (χ0) is 6.41. The third-order valence-corrected chi connectivity index (χ3v) is 1.38. The van der Waals surface area contributed by atoms with Crippen molar-refractivity contribution in [3.8, 4) is 0 Å². The Morgan fingerprint density at radius 1 is 1.62 bits per heavy atom. The van der Waals surface area contributed by atoms with Crippen LogP contribution in [0.1, 0.15) is 26.2 Å². The average Bonchev–Trinajstić information content (AvgIpc) is 1.83. The maximum Gasteiger partial charge on any atom is 0.00357 e. The molecule has 0 fully saturated rings. The fourth-order valence-corrected chi connectivity index (χ4v) is 0.595. The van der Waals surface area contributed by atoms with E-state index in [1.807, 2.05) is 7.05 Å². The number of hydrogen-bond acceptors (Lipinski definition) is 1. The summed E-state index contributed by atoms with van der Waals surface area (Å²) in [6.45, 7) is 5.95. The van der Waals surface area contributed by atoms with Gasteiger partial charge in [0.2, 0.25) is 0 Å². The van der Waals surface area contributed by atoms with E-state index in [2.05, 4.69) is 19.2 Å². The van der Waals surface area contributed by atoms with Gasteiger partial charge in [0.15, 0.2) is 0 Å². The molecule has 49 valence electrons. The largest absolute Gasteiger partial charge is 0.317 e. The van der Waals surface area contributed by atoms with E-state index >= 15 is 0 Å². The van der Waals surface area contributed by atoms with Crippen LogP contribution in [-0.4, -0.2) is 13.1 Å². The van der Waals surface area contributed by atoms with Crippen molar-refractivity contribution in [3.05, 3.63) is 6.92 Å². The molecule has 0 bridgehead atoms. The molecule has 0 amide bonds. The SMILES string of the molecule is [CH2]CCCC(C)NC. The fraction of sp³-hybridized carbons (Fsp3) is 0.857. The first-order valence-electron chi connectivity index (χ1n) is 3.27. The molecular formula is C7H16N. The molecule has 1 atom stereocenters. The van der Waals surface area contributed by atoms with Crippen molar-refractivity contribution in [2.75, 3.05) is 7.05 Å². The molecule has 1 radical (unpaired) electrons. The van der Waals surface area contributed by atoms with E-state index in [4.69, 9.17) is 0 Å². The summed E-state index contributed by atoms with van der Waals surface area (Å²) in [6, 6.07) is 0.664. The molecule has 0 aromatic heterocycles. The minimum Gasteiger partial charge on any atom is -0.317 e. The minimum atomic E-state index is 0.664. The average molecular weight is 114 g/mol. The Hall–Kier alpha value is -0.0400. The number of rotatable bonds is 4. The van der Waals surface area contributed by atoms with Gasteiger partial charge in [-0.2, -0.15) is 0 Å². The highest BCUT2D eigenvalue weighted by Gasteiger charge is 1.93. The van der Waals surface area contributed by atoms with Crippen LogP contribution in [0.2, 0.25) is 0 Å². The van der Waals surface area contributed by atoms with Gasteiger partial charge in [0, 0.05) is 6.04 Å². The summed E-state index contributed by atoms with van der Waals surface area (Å²) < 4.78 is 0. The normalized spacial score (nSPS) is 13.9. The van der Waals surface area contributed by atoms with Crippen molar-refractivity contribution in [1.82, 2.24) is 5.32 Å². The lowest BCUT2D eigenvalue weighted by Gasteiger charge is -2.06. The zero-order valence-corrected chi connectivity index (χ0v) is 5.91. The summed E-state index contributed by atoms with van der Waals surface area (Å²) >= 11 is 0. The van der Waals surface area contributed by atoms with E-state index < -0.39 is 0 Å². The van der Waals surface area contributed by atoms with E-state index in [0.717, 1.165) is 6.42 Å². The third kappa shape index (κ3) is 4.13. The lowest BCUT2D eigenvalue weighted by atomic mass is 10.1. The first kappa shape index (κ1) is 7.96. The fourth-order valence-electron chi connectivity index (χ4n) is 0.595. The van der Waals surface area contributed by atoms with Gasteiger partial charge in [-0.25, -0.2) is 0 Å². The zero-order valence-electron chi connectivity index (χ0n) is 5.91. The van der Waals surface area contributed by atoms with Crippen LogP contribution in [0, 0.1) is 6.92 Å². The van der Waals surface area contributed by atoms with Crippen LogP contribution in [0.4, 0.5) is 0 Å². The number of unbranched alkanes of at least 4 members (excludes halogenated alkanes) is 1. The molecule has 8 heavy (non-hydrogen) atoms. The van der Waals surface area contributed by atoms with Gasteiger partial charge in [-0.3, -0.25) is 0 Å². The van der Waals surface area contributed by atoms with Gasteiger partial charge in [-0.15, -0.1) is 0 Å². The van der Waals surface area contributed by atoms with Gasteiger partial charge >= 0.3 is 0 Å². The van der Waals surface area contributed by atoms with Gasteiger partial charge < -0.3 is 5.32 Å². The van der Waals surface area contributed by atoms with Crippen LogP contribution < -0.4 is 5.32 Å². The minimum absolute atomic E-state index is 0.664. The van der Waals surface area contributed by atoms with E-state index in [1.54, 1.807) is 0 Å². The Kier molecular flexibility index (Phi) is 5.08. The number of nitrogens with one attached hydrogen (secondary N) is 1. The standard InChI is InChI=1S/C7H16N/c1-4-5-6-7(2)8-3/h7-8H,1,4-6H2,2-3H3. The summed E-state index contributed by atoms with van der Waals surface area (Å²) in [5.41, 5.74) is 0. The summed E-state index contributed by atoms with van der Waals surface area (Å²) in [4.78, 5) is 0. The lowest BCUT2D eigenvalue weighted by Crippen LogP contribution is -2.20. The van der Waals surface area contributed by atoms with Crippen LogP contribution in [0.25, 0.3) is 0 Å².